The van der Waals surface area contributed by atoms with E-state index in [-0.39, 0.29) is 16.8 Å². The van der Waals surface area contributed by atoms with Gasteiger partial charge in [0.15, 0.2) is 0 Å². The Morgan fingerprint density at radius 3 is 2.45 bits per heavy atom. The minimum Gasteiger partial charge on any atom is -0.398 e. The molecule has 0 spiro atoms. The Hall–Kier alpha value is -4.44. The molecule has 4 aromatic rings. The smallest absolute Gasteiger partial charge is 0.398 e. The van der Waals surface area contributed by atoms with Crippen LogP contribution in [0.1, 0.15) is 40.9 Å². The van der Waals surface area contributed by atoms with Gasteiger partial charge in [0.05, 0.1) is 22.4 Å². The first-order valence-electron chi connectivity index (χ1n) is 11.6. The second kappa shape index (κ2) is 10.1. The number of allylic oxidation sites excluding steroid dienone is 1. The lowest BCUT2D eigenvalue weighted by Crippen LogP contribution is -2.17. The first kappa shape index (κ1) is 26.6. The zero-order valence-corrected chi connectivity index (χ0v) is 20.9. The van der Waals surface area contributed by atoms with Crippen molar-refractivity contribution in [2.24, 2.45) is 10.7 Å². The van der Waals surface area contributed by atoms with Gasteiger partial charge in [0, 0.05) is 41.8 Å². The third-order valence-electron chi connectivity index (χ3n) is 5.93. The third-order valence-corrected chi connectivity index (χ3v) is 5.93. The Balaban J connectivity index is 1.84. The molecule has 0 fully saturated rings. The van der Waals surface area contributed by atoms with Crippen molar-refractivity contribution >= 4 is 29.0 Å². The van der Waals surface area contributed by atoms with Crippen LogP contribution >= 0.6 is 0 Å². The predicted octanol–water partition coefficient (Wildman–Crippen LogP) is 5.50. The summed E-state index contributed by atoms with van der Waals surface area (Å²) in [5.41, 5.74) is 5.84. The Bertz CT molecular complexity index is 1550. The molecule has 0 aliphatic carbocycles. The zero-order chi connectivity index (χ0) is 27.7. The number of alkyl halides is 3. The molecule has 10 heteroatoms. The van der Waals surface area contributed by atoms with Crippen LogP contribution in [0.2, 0.25) is 0 Å². The fourth-order valence-electron chi connectivity index (χ4n) is 3.95. The molecule has 4 N–H and O–H groups in total. The van der Waals surface area contributed by atoms with Gasteiger partial charge in [0.1, 0.15) is 5.69 Å². The molecular formula is C28H26F3N5O2. The van der Waals surface area contributed by atoms with Gasteiger partial charge in [0.25, 0.3) is 5.91 Å². The van der Waals surface area contributed by atoms with Crippen LogP contribution in [-0.4, -0.2) is 33.9 Å². The maximum atomic E-state index is 13.7. The quantitative estimate of drug-likeness (QED) is 0.292. The number of carbonyl (C=O) groups is 1. The van der Waals surface area contributed by atoms with E-state index >= 15 is 0 Å². The number of nitrogens with two attached hydrogens (primary N) is 1. The van der Waals surface area contributed by atoms with Crippen molar-refractivity contribution in [1.29, 1.82) is 0 Å². The molecule has 7 nitrogen and oxygen atoms in total. The number of pyridine rings is 1. The summed E-state index contributed by atoms with van der Waals surface area (Å²) in [4.78, 5) is 17.1. The number of hydrogen-bond donors (Lipinski definition) is 3. The van der Waals surface area contributed by atoms with Crippen molar-refractivity contribution in [3.8, 4) is 11.3 Å². The summed E-state index contributed by atoms with van der Waals surface area (Å²) >= 11 is 0. The Morgan fingerprint density at radius 1 is 1.11 bits per heavy atom. The number of anilines is 1. The van der Waals surface area contributed by atoms with Crippen LogP contribution in [0.5, 0.6) is 0 Å². The lowest BCUT2D eigenvalue weighted by Gasteiger charge is -2.18. The van der Waals surface area contributed by atoms with E-state index in [2.05, 4.69) is 15.4 Å². The van der Waals surface area contributed by atoms with Crippen LogP contribution in [0.25, 0.3) is 22.5 Å². The molecule has 38 heavy (non-hydrogen) atoms. The molecule has 0 bridgehead atoms. The number of aromatic nitrogens is 2. The van der Waals surface area contributed by atoms with Crippen LogP contribution in [0.3, 0.4) is 0 Å². The molecule has 0 aliphatic rings. The molecule has 0 unspecified atom stereocenters. The highest BCUT2D eigenvalue weighted by molar-refractivity contribution is 6.09. The van der Waals surface area contributed by atoms with Gasteiger partial charge in [-0.1, -0.05) is 30.3 Å². The summed E-state index contributed by atoms with van der Waals surface area (Å²) in [6.45, 7) is 3.27. The molecule has 2 aromatic carbocycles. The fraction of sp³-hybridized carbons (Fsp3) is 0.179. The maximum absolute atomic E-state index is 13.7. The monoisotopic (exact) mass is 521 g/mol. The van der Waals surface area contributed by atoms with Gasteiger partial charge in [-0.3, -0.25) is 9.79 Å². The highest BCUT2D eigenvalue weighted by Gasteiger charge is 2.34. The minimum absolute atomic E-state index is 0.0326. The first-order valence-corrected chi connectivity index (χ1v) is 11.6. The van der Waals surface area contributed by atoms with E-state index in [9.17, 15) is 23.1 Å². The second-order valence-electron chi connectivity index (χ2n) is 9.14. The number of halogens is 3. The normalized spacial score (nSPS) is 12.9. The maximum Gasteiger partial charge on any atom is 0.417 e. The topological polar surface area (TPSA) is 105 Å². The van der Waals surface area contributed by atoms with Gasteiger partial charge in [-0.25, -0.2) is 4.52 Å². The Kier molecular flexibility index (Phi) is 7.10. The second-order valence-corrected chi connectivity index (χ2v) is 9.14. The van der Waals surface area contributed by atoms with E-state index in [1.165, 1.54) is 19.3 Å². The van der Waals surface area contributed by atoms with Crippen LogP contribution < -0.4 is 11.1 Å². The van der Waals surface area contributed by atoms with Crippen LogP contribution in [0.4, 0.5) is 18.9 Å². The summed E-state index contributed by atoms with van der Waals surface area (Å²) in [5, 5.41) is 18.0. The van der Waals surface area contributed by atoms with Crippen molar-refractivity contribution in [2.45, 2.75) is 25.6 Å². The molecule has 0 saturated carbocycles. The number of aliphatic hydroxyl groups is 1. The van der Waals surface area contributed by atoms with Crippen molar-refractivity contribution in [2.75, 3.05) is 12.4 Å². The van der Waals surface area contributed by atoms with Crippen molar-refractivity contribution < 1.29 is 23.1 Å². The molecular weight excluding hydrogens is 495 g/mol. The van der Waals surface area contributed by atoms with E-state index in [0.717, 1.165) is 23.8 Å². The van der Waals surface area contributed by atoms with Crippen molar-refractivity contribution in [3.63, 3.8) is 0 Å². The SMILES string of the molecule is CN=CC=C(N)c1cc(C(=O)Nc2c(-c3ccccc3)nn3ccc(C(C)(C)O)cc23)ccc1C(F)(F)F. The number of fused-ring (bicyclic) bond motifs is 1. The van der Waals surface area contributed by atoms with Crippen molar-refractivity contribution in [3.05, 3.63) is 95.2 Å². The van der Waals surface area contributed by atoms with Gasteiger partial charge < -0.3 is 16.2 Å². The number of carbonyl (C=O) groups excluding carboxylic acids is 1. The van der Waals surface area contributed by atoms with Gasteiger partial charge in [-0.05, 0) is 55.8 Å². The predicted molar refractivity (Wildman–Crippen MR) is 142 cm³/mol. The van der Waals surface area contributed by atoms with Gasteiger partial charge in [-0.2, -0.15) is 18.3 Å². The zero-order valence-electron chi connectivity index (χ0n) is 20.9. The minimum atomic E-state index is -4.68. The van der Waals surface area contributed by atoms with Crippen LogP contribution in [0.15, 0.2) is 77.9 Å². The first-order chi connectivity index (χ1) is 17.9. The molecule has 4 rings (SSSR count). The number of amides is 1. The Labute approximate surface area is 217 Å². The van der Waals surface area contributed by atoms with Crippen LogP contribution in [-0.2, 0) is 11.8 Å². The Morgan fingerprint density at radius 2 is 1.82 bits per heavy atom. The lowest BCUT2D eigenvalue weighted by atomic mass is 9.98. The molecule has 2 aromatic heterocycles. The van der Waals surface area contributed by atoms with Gasteiger partial charge >= 0.3 is 6.18 Å². The number of benzene rings is 2. The molecule has 0 aliphatic heterocycles. The summed E-state index contributed by atoms with van der Waals surface area (Å²) < 4.78 is 42.6. The average Bonchev–Trinajstić information content (AvgIpc) is 3.24. The molecule has 196 valence electrons. The molecule has 0 radical (unpaired) electrons. The van der Waals surface area contributed by atoms with E-state index < -0.39 is 23.2 Å². The van der Waals surface area contributed by atoms with Crippen LogP contribution in [0, 0.1) is 0 Å². The average molecular weight is 522 g/mol. The molecule has 1 amide bonds. The summed E-state index contributed by atoms with van der Waals surface area (Å²) in [6, 6.07) is 15.6. The van der Waals surface area contributed by atoms with E-state index in [4.69, 9.17) is 5.73 Å². The summed E-state index contributed by atoms with van der Waals surface area (Å²) in [7, 11) is 1.46. The lowest BCUT2D eigenvalue weighted by molar-refractivity contribution is -0.137. The molecule has 0 saturated heterocycles. The van der Waals surface area contributed by atoms with Gasteiger partial charge in [0.2, 0.25) is 0 Å². The summed E-state index contributed by atoms with van der Waals surface area (Å²) in [6.07, 6.45) is -0.499. The number of rotatable bonds is 6. The number of hydrogen-bond acceptors (Lipinski definition) is 5. The van der Waals surface area contributed by atoms with E-state index in [0.29, 0.717) is 22.5 Å². The number of nitrogens with zero attached hydrogens (tertiary/aromatic N) is 3. The summed E-state index contributed by atoms with van der Waals surface area (Å²) in [5.74, 6) is -0.655. The largest absolute Gasteiger partial charge is 0.417 e. The highest BCUT2D eigenvalue weighted by Crippen LogP contribution is 2.36. The van der Waals surface area contributed by atoms with Gasteiger partial charge in [-0.15, -0.1) is 0 Å². The van der Waals surface area contributed by atoms with Crippen molar-refractivity contribution in [1.82, 2.24) is 9.61 Å². The van der Waals surface area contributed by atoms with E-state index in [1.54, 1.807) is 36.7 Å². The van der Waals surface area contributed by atoms with E-state index in [1.807, 2.05) is 30.3 Å². The number of nitrogens with one attached hydrogen (secondary N) is 1. The standard InChI is InChI=1S/C28H26F3N5O2/c1-27(2,38)19-12-14-36-23(16-19)25(24(35-36)17-7-5-4-6-8-17)34-26(37)18-9-10-21(28(29,30)31)20(15-18)22(32)11-13-33-3/h4-16,38H,32H2,1-3H3,(H,34,37). The fourth-order valence-corrected chi connectivity index (χ4v) is 3.95. The number of aliphatic imine (C=N–C) groups is 1. The molecule has 2 heterocycles. The molecule has 0 atom stereocenters. The third kappa shape index (κ3) is 5.45. The highest BCUT2D eigenvalue weighted by atomic mass is 19.4.